The summed E-state index contributed by atoms with van der Waals surface area (Å²) in [5.41, 5.74) is 3.68. The van der Waals surface area contributed by atoms with Gasteiger partial charge < -0.3 is 10.1 Å². The molecule has 1 aromatic rings. The maximum Gasteiger partial charge on any atom is 0.324 e. The summed E-state index contributed by atoms with van der Waals surface area (Å²) in [7, 11) is 1.88. The SMILES string of the molecule is CCC/C=C(/C)c1cccc(C(Br)C(=O)OC(C)(C)C)c1NC. The number of allylic oxidation sites excluding steroid dienone is 2. The molecule has 128 valence electrons. The Hall–Kier alpha value is -1.29. The van der Waals surface area contributed by atoms with Crippen LogP contribution in [0.4, 0.5) is 5.69 Å². The van der Waals surface area contributed by atoms with Crippen LogP contribution in [0.3, 0.4) is 0 Å². The quantitative estimate of drug-likeness (QED) is 0.506. The van der Waals surface area contributed by atoms with Crippen LogP contribution >= 0.6 is 15.9 Å². The molecule has 0 saturated heterocycles. The first-order chi connectivity index (χ1) is 10.7. The topological polar surface area (TPSA) is 38.3 Å². The Morgan fingerprint density at radius 1 is 1.39 bits per heavy atom. The third kappa shape index (κ3) is 5.69. The largest absolute Gasteiger partial charge is 0.459 e. The van der Waals surface area contributed by atoms with Crippen molar-refractivity contribution < 1.29 is 9.53 Å². The fourth-order valence-electron chi connectivity index (χ4n) is 2.34. The molecule has 0 aliphatic heterocycles. The van der Waals surface area contributed by atoms with E-state index in [0.717, 1.165) is 29.7 Å². The van der Waals surface area contributed by atoms with Crippen LogP contribution in [0.5, 0.6) is 0 Å². The van der Waals surface area contributed by atoms with Crippen molar-refractivity contribution in [2.24, 2.45) is 0 Å². The Morgan fingerprint density at radius 2 is 2.04 bits per heavy atom. The highest BCUT2D eigenvalue weighted by Gasteiger charge is 2.27. The van der Waals surface area contributed by atoms with E-state index in [1.54, 1.807) is 0 Å². The lowest BCUT2D eigenvalue weighted by atomic mass is 9.98. The van der Waals surface area contributed by atoms with Crippen LogP contribution in [-0.2, 0) is 9.53 Å². The highest BCUT2D eigenvalue weighted by molar-refractivity contribution is 9.09. The minimum Gasteiger partial charge on any atom is -0.459 e. The minimum absolute atomic E-state index is 0.277. The Balaban J connectivity index is 3.20. The van der Waals surface area contributed by atoms with Crippen molar-refractivity contribution in [2.75, 3.05) is 12.4 Å². The number of nitrogens with one attached hydrogen (secondary N) is 1. The first-order valence-electron chi connectivity index (χ1n) is 8.06. The summed E-state index contributed by atoms with van der Waals surface area (Å²) in [6, 6.07) is 6.00. The Bertz CT molecular complexity index is 573. The third-order valence-corrected chi connectivity index (χ3v) is 4.26. The second-order valence-electron chi connectivity index (χ2n) is 6.59. The van der Waals surface area contributed by atoms with E-state index in [2.05, 4.69) is 47.2 Å². The number of hydrogen-bond donors (Lipinski definition) is 1. The average Bonchev–Trinajstić information content (AvgIpc) is 2.49. The van der Waals surface area contributed by atoms with Crippen LogP contribution in [-0.4, -0.2) is 18.6 Å². The number of alkyl halides is 1. The van der Waals surface area contributed by atoms with Gasteiger partial charge in [0.05, 0.1) is 0 Å². The molecule has 4 heteroatoms. The van der Waals surface area contributed by atoms with Crippen LogP contribution < -0.4 is 5.32 Å². The van der Waals surface area contributed by atoms with Crippen LogP contribution in [0, 0.1) is 0 Å². The number of unbranched alkanes of at least 4 members (excludes halogenated alkanes) is 1. The van der Waals surface area contributed by atoms with Crippen LogP contribution in [0.15, 0.2) is 24.3 Å². The maximum atomic E-state index is 12.4. The van der Waals surface area contributed by atoms with Crippen LogP contribution in [0.25, 0.3) is 5.57 Å². The normalized spacial score (nSPS) is 13.6. The summed E-state index contributed by atoms with van der Waals surface area (Å²) in [4.78, 5) is 11.9. The van der Waals surface area contributed by atoms with Crippen LogP contribution in [0.1, 0.15) is 63.4 Å². The molecule has 0 aromatic heterocycles. The predicted molar refractivity (Wildman–Crippen MR) is 102 cm³/mol. The van der Waals surface area contributed by atoms with Crippen molar-refractivity contribution in [3.63, 3.8) is 0 Å². The summed E-state index contributed by atoms with van der Waals surface area (Å²) in [5.74, 6) is -0.277. The molecule has 0 aliphatic carbocycles. The van der Waals surface area contributed by atoms with E-state index < -0.39 is 10.4 Å². The molecule has 1 aromatic carbocycles. The monoisotopic (exact) mass is 381 g/mol. The Kier molecular flexibility index (Phi) is 7.33. The van der Waals surface area contributed by atoms with E-state index in [1.165, 1.54) is 5.57 Å². The number of para-hydroxylation sites is 1. The molecule has 1 rings (SSSR count). The first-order valence-corrected chi connectivity index (χ1v) is 8.97. The summed E-state index contributed by atoms with van der Waals surface area (Å²) in [5, 5.41) is 3.24. The van der Waals surface area contributed by atoms with Gasteiger partial charge in [-0.25, -0.2) is 0 Å². The Labute approximate surface area is 148 Å². The fourth-order valence-corrected chi connectivity index (χ4v) is 2.82. The summed E-state index contributed by atoms with van der Waals surface area (Å²) in [6.07, 6.45) is 4.39. The van der Waals surface area contributed by atoms with Gasteiger partial charge in [0.1, 0.15) is 10.4 Å². The van der Waals surface area contributed by atoms with E-state index in [4.69, 9.17) is 4.74 Å². The molecule has 0 fully saturated rings. The van der Waals surface area contributed by atoms with Gasteiger partial charge in [0.25, 0.3) is 0 Å². The molecule has 0 spiro atoms. The van der Waals surface area contributed by atoms with Gasteiger partial charge in [-0.3, -0.25) is 4.79 Å². The van der Waals surface area contributed by atoms with E-state index in [0.29, 0.717) is 0 Å². The van der Waals surface area contributed by atoms with E-state index in [1.807, 2.05) is 40.0 Å². The molecular weight excluding hydrogens is 354 g/mol. The molecule has 0 heterocycles. The highest BCUT2D eigenvalue weighted by atomic mass is 79.9. The second-order valence-corrected chi connectivity index (χ2v) is 7.51. The molecule has 1 atom stereocenters. The van der Waals surface area contributed by atoms with Gasteiger partial charge in [0.15, 0.2) is 0 Å². The highest BCUT2D eigenvalue weighted by Crippen LogP contribution is 2.36. The number of rotatable bonds is 6. The average molecular weight is 382 g/mol. The number of halogens is 1. The lowest BCUT2D eigenvalue weighted by Gasteiger charge is -2.23. The van der Waals surface area contributed by atoms with Crippen molar-refractivity contribution >= 4 is 33.2 Å². The summed E-state index contributed by atoms with van der Waals surface area (Å²) >= 11 is 3.50. The van der Waals surface area contributed by atoms with Gasteiger partial charge in [-0.2, -0.15) is 0 Å². The number of hydrogen-bond acceptors (Lipinski definition) is 3. The lowest BCUT2D eigenvalue weighted by molar-refractivity contribution is -0.154. The van der Waals surface area contributed by atoms with Gasteiger partial charge in [0.2, 0.25) is 0 Å². The van der Waals surface area contributed by atoms with Gasteiger partial charge in [-0.15, -0.1) is 0 Å². The molecular formula is C19H28BrNO2. The summed E-state index contributed by atoms with van der Waals surface area (Å²) < 4.78 is 5.49. The van der Waals surface area contributed by atoms with E-state index in [9.17, 15) is 4.79 Å². The number of benzene rings is 1. The molecule has 3 nitrogen and oxygen atoms in total. The first kappa shape index (κ1) is 19.8. The van der Waals surface area contributed by atoms with Crippen LogP contribution in [0.2, 0.25) is 0 Å². The molecule has 0 saturated carbocycles. The van der Waals surface area contributed by atoms with Crippen molar-refractivity contribution in [1.29, 1.82) is 0 Å². The zero-order valence-corrected chi connectivity index (χ0v) is 16.6. The van der Waals surface area contributed by atoms with E-state index >= 15 is 0 Å². The van der Waals surface area contributed by atoms with Gasteiger partial charge in [-0.1, -0.05) is 53.5 Å². The zero-order valence-electron chi connectivity index (χ0n) is 15.0. The fraction of sp³-hybridized carbons (Fsp3) is 0.526. The van der Waals surface area contributed by atoms with Gasteiger partial charge >= 0.3 is 5.97 Å². The van der Waals surface area contributed by atoms with Crippen molar-refractivity contribution in [2.45, 2.75) is 57.9 Å². The number of carbonyl (C=O) groups excluding carboxylic acids is 1. The molecule has 23 heavy (non-hydrogen) atoms. The van der Waals surface area contributed by atoms with Crippen molar-refractivity contribution in [3.05, 3.63) is 35.4 Å². The smallest absolute Gasteiger partial charge is 0.324 e. The number of carbonyl (C=O) groups is 1. The zero-order chi connectivity index (χ0) is 17.6. The number of ether oxygens (including phenoxy) is 1. The standard InChI is InChI=1S/C19H28BrNO2/c1-7-8-10-13(2)14-11-9-12-15(17(14)21-6)16(20)18(22)23-19(3,4)5/h9-12,16,21H,7-8H2,1-6H3/b13-10-. The number of esters is 1. The predicted octanol–water partition coefficient (Wildman–Crippen LogP) is 5.71. The summed E-state index contributed by atoms with van der Waals surface area (Å²) in [6.45, 7) is 9.88. The second kappa shape index (κ2) is 8.53. The van der Waals surface area contributed by atoms with Gasteiger partial charge in [-0.05, 0) is 39.7 Å². The van der Waals surface area contributed by atoms with E-state index in [-0.39, 0.29) is 5.97 Å². The van der Waals surface area contributed by atoms with Crippen molar-refractivity contribution in [3.8, 4) is 0 Å². The molecule has 1 unspecified atom stereocenters. The molecule has 0 amide bonds. The lowest BCUT2D eigenvalue weighted by Crippen LogP contribution is -2.26. The third-order valence-electron chi connectivity index (χ3n) is 3.40. The molecule has 0 radical (unpaired) electrons. The molecule has 0 aliphatic rings. The molecule has 0 bridgehead atoms. The maximum absolute atomic E-state index is 12.4. The number of anilines is 1. The minimum atomic E-state index is -0.503. The molecule has 1 N–H and O–H groups in total. The van der Waals surface area contributed by atoms with Crippen molar-refractivity contribution in [1.82, 2.24) is 0 Å². The Morgan fingerprint density at radius 3 is 2.57 bits per heavy atom. The van der Waals surface area contributed by atoms with Gasteiger partial charge in [0, 0.05) is 23.9 Å².